The molecule has 8 nitrogen and oxygen atoms in total. The first-order chi connectivity index (χ1) is 17.4. The average molecular weight is 544 g/mol. The molecule has 3 rings (SSSR count). The van der Waals surface area contributed by atoms with Crippen molar-refractivity contribution in [1.82, 2.24) is 15.0 Å². The number of methoxy groups -OCH3 is 1. The summed E-state index contributed by atoms with van der Waals surface area (Å²) in [4.78, 5) is 27.0. The van der Waals surface area contributed by atoms with Gasteiger partial charge in [0.2, 0.25) is 5.88 Å². The molecule has 0 radical (unpaired) electrons. The zero-order chi connectivity index (χ0) is 25.9. The van der Waals surface area contributed by atoms with Crippen LogP contribution in [0.2, 0.25) is 0 Å². The number of rotatable bonds is 11. The maximum Gasteiger partial charge on any atom is 0.257 e. The van der Waals surface area contributed by atoms with Crippen LogP contribution >= 0.6 is 34.9 Å². The fraction of sp³-hybridized carbons (Fsp3) is 0.240. The summed E-state index contributed by atoms with van der Waals surface area (Å²) in [5, 5.41) is 6.05. The van der Waals surface area contributed by atoms with Crippen LogP contribution in [-0.4, -0.2) is 47.4 Å². The number of carbonyl (C=O) groups excluding carboxylic acids is 1. The molecule has 1 amide bonds. The van der Waals surface area contributed by atoms with Gasteiger partial charge in [-0.2, -0.15) is 4.51 Å². The van der Waals surface area contributed by atoms with Crippen LogP contribution in [0.5, 0.6) is 5.88 Å². The molecule has 0 spiro atoms. The smallest absolute Gasteiger partial charge is 0.257 e. The van der Waals surface area contributed by atoms with Gasteiger partial charge in [0.15, 0.2) is 5.13 Å². The first-order valence-corrected chi connectivity index (χ1v) is 13.0. The molecule has 0 saturated heterocycles. The Morgan fingerprint density at radius 1 is 1.22 bits per heavy atom. The van der Waals surface area contributed by atoms with Gasteiger partial charge in [-0.25, -0.2) is 15.0 Å². The Morgan fingerprint density at radius 3 is 2.64 bits per heavy atom. The molecular formula is C25H26ClN5O3S2. The van der Waals surface area contributed by atoms with E-state index in [-0.39, 0.29) is 5.91 Å². The van der Waals surface area contributed by atoms with Crippen LogP contribution in [0.1, 0.15) is 18.1 Å². The zero-order valence-electron chi connectivity index (χ0n) is 20.3. The van der Waals surface area contributed by atoms with E-state index in [1.54, 1.807) is 31.7 Å². The number of ether oxygens (including phenoxy) is 2. The Labute approximate surface area is 223 Å². The van der Waals surface area contributed by atoms with Crippen LogP contribution in [0.3, 0.4) is 0 Å². The number of allylic oxidation sites excluding steroid dienone is 2. The normalized spacial score (nSPS) is 12.0. The predicted molar refractivity (Wildman–Crippen MR) is 146 cm³/mol. The number of thiazole rings is 1. The van der Waals surface area contributed by atoms with Crippen LogP contribution in [0, 0.1) is 13.8 Å². The molecule has 36 heavy (non-hydrogen) atoms. The van der Waals surface area contributed by atoms with Crippen LogP contribution in [0.4, 0.5) is 5.13 Å². The number of aryl methyl sites for hydroxylation is 2. The number of benzene rings is 1. The largest absolute Gasteiger partial charge is 0.474 e. The number of halogens is 1. The Morgan fingerprint density at radius 2 is 2.00 bits per heavy atom. The SMILES string of the molecule is C\C=C/C(=C\C=N\Cl)C(=O)Nc1nc(-c2c(C)cc(Sc3cnc(OCCOC)cn3)cc2C)cs1. The van der Waals surface area contributed by atoms with Crippen molar-refractivity contribution in [3.05, 3.63) is 64.8 Å². The van der Waals surface area contributed by atoms with Gasteiger partial charge in [0.1, 0.15) is 11.6 Å². The lowest BCUT2D eigenvalue weighted by Crippen LogP contribution is -2.13. The minimum absolute atomic E-state index is 0.290. The summed E-state index contributed by atoms with van der Waals surface area (Å²) in [6.07, 6.45) is 9.64. The first-order valence-electron chi connectivity index (χ1n) is 10.9. The lowest BCUT2D eigenvalue weighted by molar-refractivity contribution is -0.112. The summed E-state index contributed by atoms with van der Waals surface area (Å²) < 4.78 is 13.8. The summed E-state index contributed by atoms with van der Waals surface area (Å²) >= 11 is 8.23. The molecule has 0 aliphatic heterocycles. The van der Waals surface area contributed by atoms with Gasteiger partial charge in [-0.05, 0) is 50.1 Å². The molecule has 0 saturated carbocycles. The molecule has 188 valence electrons. The fourth-order valence-electron chi connectivity index (χ4n) is 3.28. The van der Waals surface area contributed by atoms with Gasteiger partial charge in [0, 0.05) is 46.5 Å². The monoisotopic (exact) mass is 543 g/mol. The lowest BCUT2D eigenvalue weighted by Gasteiger charge is -2.11. The molecule has 11 heteroatoms. The van der Waals surface area contributed by atoms with E-state index in [1.165, 1.54) is 35.4 Å². The van der Waals surface area contributed by atoms with Crippen molar-refractivity contribution in [3.8, 4) is 17.1 Å². The number of hydrogen-bond acceptors (Lipinski definition) is 9. The van der Waals surface area contributed by atoms with Crippen LogP contribution in [0.25, 0.3) is 11.3 Å². The Kier molecular flexibility index (Phi) is 10.6. The molecule has 3 aromatic rings. The van der Waals surface area contributed by atoms with Crippen molar-refractivity contribution in [2.24, 2.45) is 4.51 Å². The highest BCUT2D eigenvalue weighted by Crippen LogP contribution is 2.35. The van der Waals surface area contributed by atoms with E-state index < -0.39 is 0 Å². The second kappa shape index (κ2) is 13.9. The van der Waals surface area contributed by atoms with E-state index >= 15 is 0 Å². The minimum Gasteiger partial charge on any atom is -0.474 e. The van der Waals surface area contributed by atoms with Crippen LogP contribution < -0.4 is 10.1 Å². The Hall–Kier alpha value is -3.05. The van der Waals surface area contributed by atoms with Gasteiger partial charge < -0.3 is 9.47 Å². The number of anilines is 1. The third-order valence-electron chi connectivity index (χ3n) is 4.77. The van der Waals surface area contributed by atoms with E-state index in [9.17, 15) is 4.79 Å². The fourth-order valence-corrected chi connectivity index (χ4v) is 4.96. The van der Waals surface area contributed by atoms with Crippen molar-refractivity contribution >= 4 is 52.1 Å². The van der Waals surface area contributed by atoms with Gasteiger partial charge in [0.05, 0.1) is 24.7 Å². The number of carbonyl (C=O) groups is 1. The Balaban J connectivity index is 1.72. The van der Waals surface area contributed by atoms with Crippen molar-refractivity contribution in [2.75, 3.05) is 25.6 Å². The minimum atomic E-state index is -0.290. The number of hydrogen-bond donors (Lipinski definition) is 1. The Bertz CT molecular complexity index is 1250. The molecular weight excluding hydrogens is 518 g/mol. The van der Waals surface area contributed by atoms with Gasteiger partial charge >= 0.3 is 0 Å². The molecule has 0 aliphatic carbocycles. The summed E-state index contributed by atoms with van der Waals surface area (Å²) in [6, 6.07) is 4.18. The number of nitrogens with zero attached hydrogens (tertiary/aromatic N) is 4. The third-order valence-corrected chi connectivity index (χ3v) is 6.53. The molecule has 2 heterocycles. The van der Waals surface area contributed by atoms with E-state index in [4.69, 9.17) is 21.3 Å². The number of nitrogens with one attached hydrogen (secondary N) is 1. The highest BCUT2D eigenvalue weighted by Gasteiger charge is 2.15. The van der Waals surface area contributed by atoms with Gasteiger partial charge in [0.25, 0.3) is 5.91 Å². The van der Waals surface area contributed by atoms with Crippen molar-refractivity contribution < 1.29 is 14.3 Å². The maximum atomic E-state index is 12.6. The quantitative estimate of drug-likeness (QED) is 0.136. The van der Waals surface area contributed by atoms with Gasteiger partial charge in [-0.3, -0.25) is 10.1 Å². The predicted octanol–water partition coefficient (Wildman–Crippen LogP) is 6.06. The maximum absolute atomic E-state index is 12.6. The van der Waals surface area contributed by atoms with Crippen molar-refractivity contribution in [1.29, 1.82) is 0 Å². The summed E-state index contributed by atoms with van der Waals surface area (Å²) in [5.74, 6) is 0.174. The van der Waals surface area contributed by atoms with Gasteiger partial charge in [-0.1, -0.05) is 23.9 Å². The van der Waals surface area contributed by atoms with Crippen LogP contribution in [-0.2, 0) is 9.53 Å². The third kappa shape index (κ3) is 7.72. The highest BCUT2D eigenvalue weighted by molar-refractivity contribution is 7.99. The van der Waals surface area contributed by atoms with Crippen molar-refractivity contribution in [2.45, 2.75) is 30.7 Å². The van der Waals surface area contributed by atoms with E-state index in [0.717, 1.165) is 32.3 Å². The molecule has 1 N–H and O–H groups in total. The standard InChI is InChI=1S/C25H26ClN5O3S2/c1-5-6-18(7-8-29-26)24(32)31-25-30-20(15-35-25)23-16(2)11-19(12-17(23)3)36-22-14-27-21(13-28-22)34-10-9-33-4/h5-8,11-15H,9-10H2,1-4H3,(H,30,31,32)/b6-5-,18-7+,29-8+. The molecule has 0 atom stereocenters. The summed E-state index contributed by atoms with van der Waals surface area (Å²) in [5.41, 5.74) is 4.40. The zero-order valence-corrected chi connectivity index (χ0v) is 22.7. The summed E-state index contributed by atoms with van der Waals surface area (Å²) in [6.45, 7) is 6.83. The lowest BCUT2D eigenvalue weighted by atomic mass is 10.0. The number of aromatic nitrogens is 3. The van der Waals surface area contributed by atoms with E-state index in [0.29, 0.717) is 29.8 Å². The molecule has 1 aromatic carbocycles. The molecule has 0 aliphatic rings. The summed E-state index contributed by atoms with van der Waals surface area (Å²) in [7, 11) is 1.62. The van der Waals surface area contributed by atoms with Crippen molar-refractivity contribution in [3.63, 3.8) is 0 Å². The molecule has 2 aromatic heterocycles. The average Bonchev–Trinajstić information content (AvgIpc) is 3.30. The first kappa shape index (κ1) is 27.5. The van der Waals surface area contributed by atoms with Gasteiger partial charge in [-0.15, -0.1) is 11.3 Å². The molecule has 0 unspecified atom stereocenters. The molecule has 0 bridgehead atoms. The molecule has 0 fully saturated rings. The highest BCUT2D eigenvalue weighted by atomic mass is 35.5. The number of amides is 1. The van der Waals surface area contributed by atoms with Crippen LogP contribution in [0.15, 0.2) is 68.1 Å². The van der Waals surface area contributed by atoms with E-state index in [1.807, 2.05) is 26.2 Å². The van der Waals surface area contributed by atoms with E-state index in [2.05, 4.69) is 36.9 Å². The second-order valence-electron chi connectivity index (χ2n) is 7.43. The second-order valence-corrected chi connectivity index (χ2v) is 9.58. The topological polar surface area (TPSA) is 98.6 Å².